The summed E-state index contributed by atoms with van der Waals surface area (Å²) >= 11 is 0. The molecule has 0 aromatic carbocycles. The molecule has 0 aromatic heterocycles. The predicted octanol–water partition coefficient (Wildman–Crippen LogP) is 2.73. The molecule has 0 radical (unpaired) electrons. The first-order valence-electron chi connectivity index (χ1n) is 7.25. The van der Waals surface area contributed by atoms with Gasteiger partial charge in [-0.1, -0.05) is 26.2 Å². The second kappa shape index (κ2) is 8.90. The van der Waals surface area contributed by atoms with Crippen molar-refractivity contribution in [2.75, 3.05) is 19.8 Å². The number of nitrogens with two attached hydrogens (primary N) is 1. The normalized spacial score (nSPS) is 27.0. The first-order chi connectivity index (χ1) is 8.31. The molecular weight excluding hydrogens is 214 g/mol. The van der Waals surface area contributed by atoms with Crippen molar-refractivity contribution in [1.29, 1.82) is 0 Å². The lowest BCUT2D eigenvalue weighted by atomic mass is 9.85. The summed E-state index contributed by atoms with van der Waals surface area (Å²) in [4.78, 5) is 0. The van der Waals surface area contributed by atoms with Gasteiger partial charge in [-0.15, -0.1) is 0 Å². The van der Waals surface area contributed by atoms with Crippen molar-refractivity contribution in [2.45, 2.75) is 64.6 Å². The number of rotatable bonds is 8. The molecule has 17 heavy (non-hydrogen) atoms. The van der Waals surface area contributed by atoms with Gasteiger partial charge in [0.2, 0.25) is 0 Å². The monoisotopic (exact) mass is 243 g/mol. The quantitative estimate of drug-likeness (QED) is 0.713. The fourth-order valence-electron chi connectivity index (χ4n) is 2.72. The summed E-state index contributed by atoms with van der Waals surface area (Å²) in [5, 5.41) is 0. The highest BCUT2D eigenvalue weighted by Gasteiger charge is 2.24. The van der Waals surface area contributed by atoms with Crippen molar-refractivity contribution >= 4 is 0 Å². The van der Waals surface area contributed by atoms with Crippen LogP contribution in [0.25, 0.3) is 0 Å². The average molecular weight is 243 g/mol. The molecule has 1 saturated carbocycles. The van der Waals surface area contributed by atoms with Gasteiger partial charge in [-0.05, 0) is 32.1 Å². The van der Waals surface area contributed by atoms with Gasteiger partial charge in [0, 0.05) is 19.8 Å². The molecule has 0 spiro atoms. The van der Waals surface area contributed by atoms with Crippen LogP contribution in [0.3, 0.4) is 0 Å². The summed E-state index contributed by atoms with van der Waals surface area (Å²) in [5.74, 6) is 0.771. The molecule has 0 aromatic rings. The van der Waals surface area contributed by atoms with Crippen LogP contribution in [-0.4, -0.2) is 32.0 Å². The molecule has 2 N–H and O–H groups in total. The van der Waals surface area contributed by atoms with Crippen molar-refractivity contribution in [3.05, 3.63) is 0 Å². The largest absolute Gasteiger partial charge is 0.378 e. The van der Waals surface area contributed by atoms with E-state index >= 15 is 0 Å². The van der Waals surface area contributed by atoms with E-state index in [4.69, 9.17) is 15.2 Å². The van der Waals surface area contributed by atoms with E-state index in [1.54, 1.807) is 0 Å². The molecule has 1 rings (SSSR count). The molecule has 1 aliphatic carbocycles. The van der Waals surface area contributed by atoms with Gasteiger partial charge in [0.15, 0.2) is 0 Å². The SMILES string of the molecule is CCOC(CN)CCOC1CCCCC1CC. The van der Waals surface area contributed by atoms with Crippen LogP contribution in [0.1, 0.15) is 52.4 Å². The second-order valence-corrected chi connectivity index (χ2v) is 4.96. The smallest absolute Gasteiger partial charge is 0.0719 e. The first-order valence-corrected chi connectivity index (χ1v) is 7.25. The lowest BCUT2D eigenvalue weighted by Gasteiger charge is -2.31. The molecule has 102 valence electrons. The second-order valence-electron chi connectivity index (χ2n) is 4.96. The minimum atomic E-state index is 0.170. The predicted molar refractivity (Wildman–Crippen MR) is 71.1 cm³/mol. The summed E-state index contributed by atoms with van der Waals surface area (Å²) in [6.45, 7) is 6.41. The Morgan fingerprint density at radius 2 is 2.00 bits per heavy atom. The van der Waals surface area contributed by atoms with Crippen LogP contribution < -0.4 is 5.73 Å². The van der Waals surface area contributed by atoms with Gasteiger partial charge in [-0.25, -0.2) is 0 Å². The maximum absolute atomic E-state index is 6.03. The number of ether oxygens (including phenoxy) is 2. The Bertz CT molecular complexity index is 187. The molecule has 0 heterocycles. The van der Waals surface area contributed by atoms with Crippen LogP contribution in [0.5, 0.6) is 0 Å². The van der Waals surface area contributed by atoms with Crippen LogP contribution in [0.2, 0.25) is 0 Å². The zero-order valence-corrected chi connectivity index (χ0v) is 11.5. The molecule has 3 nitrogen and oxygen atoms in total. The van der Waals surface area contributed by atoms with E-state index in [9.17, 15) is 0 Å². The maximum atomic E-state index is 6.03. The first kappa shape index (κ1) is 14.9. The topological polar surface area (TPSA) is 44.5 Å². The summed E-state index contributed by atoms with van der Waals surface area (Å²) in [7, 11) is 0. The third-order valence-electron chi connectivity index (χ3n) is 3.80. The molecule has 0 bridgehead atoms. The fraction of sp³-hybridized carbons (Fsp3) is 1.00. The molecule has 0 amide bonds. The minimum Gasteiger partial charge on any atom is -0.378 e. The van der Waals surface area contributed by atoms with Crippen molar-refractivity contribution in [3.63, 3.8) is 0 Å². The molecule has 0 aliphatic heterocycles. The standard InChI is InChI=1S/C14H29NO2/c1-3-12-7-5-6-8-14(12)17-10-9-13(11-15)16-4-2/h12-14H,3-11,15H2,1-2H3. The van der Waals surface area contributed by atoms with Gasteiger partial charge in [0.25, 0.3) is 0 Å². The summed E-state index contributed by atoms with van der Waals surface area (Å²) in [5.41, 5.74) is 5.65. The molecule has 3 unspecified atom stereocenters. The van der Waals surface area contributed by atoms with E-state index in [-0.39, 0.29) is 6.10 Å². The Morgan fingerprint density at radius 1 is 1.24 bits per heavy atom. The average Bonchev–Trinajstić information content (AvgIpc) is 2.38. The molecule has 3 heteroatoms. The van der Waals surface area contributed by atoms with E-state index < -0.39 is 0 Å². The van der Waals surface area contributed by atoms with Gasteiger partial charge in [-0.2, -0.15) is 0 Å². The molecular formula is C14H29NO2. The van der Waals surface area contributed by atoms with Gasteiger partial charge >= 0.3 is 0 Å². The van der Waals surface area contributed by atoms with E-state index in [1.807, 2.05) is 6.92 Å². The lowest BCUT2D eigenvalue weighted by molar-refractivity contribution is -0.0329. The Labute approximate surface area is 106 Å². The number of hydrogen-bond acceptors (Lipinski definition) is 3. The van der Waals surface area contributed by atoms with Crippen LogP contribution in [0.4, 0.5) is 0 Å². The Morgan fingerprint density at radius 3 is 2.65 bits per heavy atom. The van der Waals surface area contributed by atoms with Gasteiger partial charge in [-0.3, -0.25) is 0 Å². The van der Waals surface area contributed by atoms with Crippen molar-refractivity contribution < 1.29 is 9.47 Å². The fourth-order valence-corrected chi connectivity index (χ4v) is 2.72. The highest BCUT2D eigenvalue weighted by Crippen LogP contribution is 2.29. The Hall–Kier alpha value is -0.120. The third-order valence-corrected chi connectivity index (χ3v) is 3.80. The van der Waals surface area contributed by atoms with E-state index in [1.165, 1.54) is 32.1 Å². The Kier molecular flexibility index (Phi) is 7.82. The van der Waals surface area contributed by atoms with Crippen LogP contribution in [-0.2, 0) is 9.47 Å². The molecule has 1 fully saturated rings. The van der Waals surface area contributed by atoms with E-state index in [0.717, 1.165) is 25.6 Å². The van der Waals surface area contributed by atoms with Gasteiger partial charge in [0.1, 0.15) is 0 Å². The highest BCUT2D eigenvalue weighted by atomic mass is 16.5. The third kappa shape index (κ3) is 5.36. The summed E-state index contributed by atoms with van der Waals surface area (Å²) in [6, 6.07) is 0. The number of hydrogen-bond donors (Lipinski definition) is 1. The highest BCUT2D eigenvalue weighted by molar-refractivity contribution is 4.75. The van der Waals surface area contributed by atoms with Crippen LogP contribution in [0.15, 0.2) is 0 Å². The maximum Gasteiger partial charge on any atom is 0.0719 e. The zero-order valence-electron chi connectivity index (χ0n) is 11.5. The molecule has 3 atom stereocenters. The van der Waals surface area contributed by atoms with Crippen LogP contribution >= 0.6 is 0 Å². The van der Waals surface area contributed by atoms with Crippen molar-refractivity contribution in [2.24, 2.45) is 11.7 Å². The Balaban J connectivity index is 2.19. The van der Waals surface area contributed by atoms with Gasteiger partial charge in [0.05, 0.1) is 12.2 Å². The van der Waals surface area contributed by atoms with E-state index in [0.29, 0.717) is 12.6 Å². The molecule has 0 saturated heterocycles. The van der Waals surface area contributed by atoms with Crippen molar-refractivity contribution in [3.8, 4) is 0 Å². The molecule has 1 aliphatic rings. The van der Waals surface area contributed by atoms with Crippen molar-refractivity contribution in [1.82, 2.24) is 0 Å². The van der Waals surface area contributed by atoms with E-state index in [2.05, 4.69) is 6.92 Å². The summed E-state index contributed by atoms with van der Waals surface area (Å²) in [6.07, 6.45) is 8.11. The van der Waals surface area contributed by atoms with Crippen LogP contribution in [0, 0.1) is 5.92 Å². The summed E-state index contributed by atoms with van der Waals surface area (Å²) < 4.78 is 11.6. The zero-order chi connectivity index (χ0) is 12.5. The lowest BCUT2D eigenvalue weighted by Crippen LogP contribution is -2.30. The minimum absolute atomic E-state index is 0.170. The van der Waals surface area contributed by atoms with Gasteiger partial charge < -0.3 is 15.2 Å².